The van der Waals surface area contributed by atoms with Crippen molar-refractivity contribution in [1.82, 2.24) is 13.9 Å². The molecule has 2 heterocycles. The number of likely N-dealkylation sites (tertiary alicyclic amines) is 1. The van der Waals surface area contributed by atoms with Gasteiger partial charge in [0.05, 0.1) is 20.3 Å². The minimum atomic E-state index is -3.55. The van der Waals surface area contributed by atoms with Crippen molar-refractivity contribution in [3.05, 3.63) is 29.8 Å². The number of hydrogen-bond donors (Lipinski definition) is 1. The molecule has 0 aromatic heterocycles. The highest BCUT2D eigenvalue weighted by atomic mass is 32.2. The van der Waals surface area contributed by atoms with Gasteiger partial charge in [-0.2, -0.15) is 17.4 Å². The molecule has 1 amide bonds. The predicted octanol–water partition coefficient (Wildman–Crippen LogP) is 0.743. The molecule has 0 saturated carbocycles. The molecule has 150 valence electrons. The fourth-order valence-corrected chi connectivity index (χ4v) is 4.82. The van der Waals surface area contributed by atoms with Crippen LogP contribution in [0.15, 0.2) is 24.3 Å². The second kappa shape index (κ2) is 9.01. The minimum absolute atomic E-state index is 0.0471. The van der Waals surface area contributed by atoms with Gasteiger partial charge in [-0.25, -0.2) is 0 Å². The van der Waals surface area contributed by atoms with Crippen molar-refractivity contribution in [3.8, 4) is 5.75 Å². The van der Waals surface area contributed by atoms with Gasteiger partial charge in [0, 0.05) is 38.6 Å². The van der Waals surface area contributed by atoms with Crippen LogP contribution in [-0.4, -0.2) is 69.5 Å². The summed E-state index contributed by atoms with van der Waals surface area (Å²) in [6.07, 6.45) is 1.44. The van der Waals surface area contributed by atoms with Crippen LogP contribution in [0.4, 0.5) is 0 Å². The molecule has 27 heavy (non-hydrogen) atoms. The van der Waals surface area contributed by atoms with Crippen molar-refractivity contribution in [2.45, 2.75) is 31.8 Å². The van der Waals surface area contributed by atoms with Gasteiger partial charge in [0.25, 0.3) is 10.2 Å². The summed E-state index contributed by atoms with van der Waals surface area (Å²) in [6, 6.07) is 7.40. The molecule has 2 saturated heterocycles. The summed E-state index contributed by atoms with van der Waals surface area (Å²) < 4.78 is 39.7. The van der Waals surface area contributed by atoms with Crippen LogP contribution >= 0.6 is 0 Å². The SMILES string of the molecule is COc1cccc(CN2CCC(NS(=O)(=O)N3CCOCC3)CCC2=O)c1. The summed E-state index contributed by atoms with van der Waals surface area (Å²) in [5.74, 6) is 0.803. The highest BCUT2D eigenvalue weighted by molar-refractivity contribution is 7.87. The summed E-state index contributed by atoms with van der Waals surface area (Å²) in [5, 5.41) is 0. The Labute approximate surface area is 160 Å². The molecule has 1 aromatic rings. The first-order valence-electron chi connectivity index (χ1n) is 9.24. The van der Waals surface area contributed by atoms with Crippen LogP contribution in [0, 0.1) is 0 Å². The standard InChI is InChI=1S/C18H27N3O5S/c1-25-17-4-2-3-15(13-17)14-20-8-7-16(5-6-18(20)22)19-27(23,24)21-9-11-26-12-10-21/h2-4,13,16,19H,5-12,14H2,1H3. The van der Waals surface area contributed by atoms with E-state index in [0.717, 1.165) is 11.3 Å². The maximum atomic E-state index is 12.5. The molecule has 2 aliphatic heterocycles. The molecule has 0 aliphatic carbocycles. The van der Waals surface area contributed by atoms with Crippen molar-refractivity contribution in [1.29, 1.82) is 0 Å². The topological polar surface area (TPSA) is 88.2 Å². The van der Waals surface area contributed by atoms with Gasteiger partial charge in [-0.05, 0) is 30.5 Å². The number of nitrogens with zero attached hydrogens (tertiary/aromatic N) is 2. The Morgan fingerprint density at radius 1 is 1.22 bits per heavy atom. The maximum absolute atomic E-state index is 12.5. The highest BCUT2D eigenvalue weighted by Gasteiger charge is 2.29. The third kappa shape index (κ3) is 5.41. The Balaban J connectivity index is 1.59. The van der Waals surface area contributed by atoms with Crippen LogP contribution in [0.25, 0.3) is 0 Å². The molecule has 0 spiro atoms. The number of methoxy groups -OCH3 is 1. The van der Waals surface area contributed by atoms with Crippen molar-refractivity contribution >= 4 is 16.1 Å². The molecule has 2 fully saturated rings. The monoisotopic (exact) mass is 397 g/mol. The van der Waals surface area contributed by atoms with Crippen LogP contribution in [0.5, 0.6) is 5.75 Å². The Morgan fingerprint density at radius 3 is 2.74 bits per heavy atom. The molecule has 0 radical (unpaired) electrons. The summed E-state index contributed by atoms with van der Waals surface area (Å²) >= 11 is 0. The normalized spacial score (nSPS) is 22.5. The lowest BCUT2D eigenvalue weighted by molar-refractivity contribution is -0.131. The Hall–Kier alpha value is -1.68. The molecule has 1 atom stereocenters. The van der Waals surface area contributed by atoms with E-state index in [-0.39, 0.29) is 11.9 Å². The Bertz CT molecular complexity index is 749. The number of hydrogen-bond acceptors (Lipinski definition) is 5. The molecular formula is C18H27N3O5S. The zero-order chi connectivity index (χ0) is 19.3. The van der Waals surface area contributed by atoms with E-state index in [1.165, 1.54) is 4.31 Å². The number of carbonyl (C=O) groups is 1. The van der Waals surface area contributed by atoms with E-state index in [1.807, 2.05) is 24.3 Å². The second-order valence-corrected chi connectivity index (χ2v) is 8.53. The van der Waals surface area contributed by atoms with Gasteiger partial charge in [-0.1, -0.05) is 12.1 Å². The molecule has 2 aliphatic rings. The van der Waals surface area contributed by atoms with E-state index < -0.39 is 10.2 Å². The summed E-state index contributed by atoms with van der Waals surface area (Å²) in [5.41, 5.74) is 0.995. The number of ether oxygens (including phenoxy) is 2. The van der Waals surface area contributed by atoms with E-state index in [9.17, 15) is 13.2 Å². The van der Waals surface area contributed by atoms with Crippen LogP contribution < -0.4 is 9.46 Å². The number of amides is 1. The first-order valence-corrected chi connectivity index (χ1v) is 10.7. The van der Waals surface area contributed by atoms with E-state index in [0.29, 0.717) is 58.7 Å². The average molecular weight is 397 g/mol. The lowest BCUT2D eigenvalue weighted by Gasteiger charge is -2.28. The van der Waals surface area contributed by atoms with Gasteiger partial charge < -0.3 is 14.4 Å². The first-order chi connectivity index (χ1) is 13.0. The van der Waals surface area contributed by atoms with Gasteiger partial charge >= 0.3 is 0 Å². The van der Waals surface area contributed by atoms with Crippen LogP contribution in [0.1, 0.15) is 24.8 Å². The quantitative estimate of drug-likeness (QED) is 0.765. The van der Waals surface area contributed by atoms with Crippen LogP contribution in [-0.2, 0) is 26.3 Å². The largest absolute Gasteiger partial charge is 0.497 e. The van der Waals surface area contributed by atoms with E-state index in [2.05, 4.69) is 4.72 Å². The zero-order valence-corrected chi connectivity index (χ0v) is 16.4. The number of carbonyl (C=O) groups excluding carboxylic acids is 1. The third-order valence-electron chi connectivity index (χ3n) is 4.94. The van der Waals surface area contributed by atoms with Crippen LogP contribution in [0.2, 0.25) is 0 Å². The molecule has 1 aromatic carbocycles. The van der Waals surface area contributed by atoms with E-state index >= 15 is 0 Å². The number of rotatable bonds is 6. The Kier molecular flexibility index (Phi) is 6.69. The number of morpholine rings is 1. The summed E-state index contributed by atoms with van der Waals surface area (Å²) in [4.78, 5) is 14.3. The van der Waals surface area contributed by atoms with Gasteiger partial charge in [0.2, 0.25) is 5.91 Å². The maximum Gasteiger partial charge on any atom is 0.279 e. The van der Waals surface area contributed by atoms with Gasteiger partial charge in [0.1, 0.15) is 5.75 Å². The Morgan fingerprint density at radius 2 is 2.00 bits per heavy atom. The van der Waals surface area contributed by atoms with Crippen LogP contribution in [0.3, 0.4) is 0 Å². The van der Waals surface area contributed by atoms with Gasteiger partial charge in [-0.3, -0.25) is 4.79 Å². The molecule has 1 N–H and O–H groups in total. The van der Waals surface area contributed by atoms with E-state index in [4.69, 9.17) is 9.47 Å². The summed E-state index contributed by atoms with van der Waals surface area (Å²) in [6.45, 7) is 2.58. The van der Waals surface area contributed by atoms with Crippen molar-refractivity contribution < 1.29 is 22.7 Å². The lowest BCUT2D eigenvalue weighted by atomic mass is 10.1. The van der Waals surface area contributed by atoms with Crippen molar-refractivity contribution in [2.75, 3.05) is 40.0 Å². The van der Waals surface area contributed by atoms with Crippen molar-refractivity contribution in [2.24, 2.45) is 0 Å². The molecule has 3 rings (SSSR count). The van der Waals surface area contributed by atoms with E-state index in [1.54, 1.807) is 12.0 Å². The molecular weight excluding hydrogens is 370 g/mol. The minimum Gasteiger partial charge on any atom is -0.497 e. The molecule has 9 heteroatoms. The van der Waals surface area contributed by atoms with Gasteiger partial charge in [0.15, 0.2) is 0 Å². The molecule has 1 unspecified atom stereocenters. The fourth-order valence-electron chi connectivity index (χ4n) is 3.38. The predicted molar refractivity (Wildman–Crippen MR) is 100 cm³/mol. The smallest absolute Gasteiger partial charge is 0.279 e. The molecule has 0 bridgehead atoms. The number of nitrogens with one attached hydrogen (secondary N) is 1. The summed E-state index contributed by atoms with van der Waals surface area (Å²) in [7, 11) is -1.93. The number of benzene rings is 1. The second-order valence-electron chi connectivity index (χ2n) is 6.83. The zero-order valence-electron chi connectivity index (χ0n) is 15.6. The fraction of sp³-hybridized carbons (Fsp3) is 0.611. The third-order valence-corrected chi connectivity index (χ3v) is 6.62. The lowest BCUT2D eigenvalue weighted by Crippen LogP contribution is -2.49. The van der Waals surface area contributed by atoms with Crippen molar-refractivity contribution in [3.63, 3.8) is 0 Å². The average Bonchev–Trinajstić information content (AvgIpc) is 2.85. The molecule has 8 nitrogen and oxygen atoms in total. The van der Waals surface area contributed by atoms with Gasteiger partial charge in [-0.15, -0.1) is 0 Å². The first kappa shape index (κ1) is 20.1. The highest BCUT2D eigenvalue weighted by Crippen LogP contribution is 2.19.